The number of nitrogens with one attached hydrogen (secondary N) is 1. The van der Waals surface area contributed by atoms with Gasteiger partial charge in [-0.3, -0.25) is 0 Å². The van der Waals surface area contributed by atoms with Gasteiger partial charge in [0, 0.05) is 18.0 Å². The second-order valence-electron chi connectivity index (χ2n) is 5.46. The smallest absolute Gasteiger partial charge is 0.395 e. The maximum absolute atomic E-state index is 9.32. The van der Waals surface area contributed by atoms with Crippen molar-refractivity contribution in [2.45, 2.75) is 32.4 Å². The molecule has 2 aliphatic rings. The second kappa shape index (κ2) is 13.6. The van der Waals surface area contributed by atoms with Gasteiger partial charge in [0.05, 0.1) is 6.61 Å². The van der Waals surface area contributed by atoms with Crippen LogP contribution >= 0.6 is 0 Å². The quantitative estimate of drug-likeness (QED) is 0.551. The molecule has 2 saturated carbocycles. The molecule has 2 aliphatic carbocycles. The maximum Gasteiger partial charge on any atom is 2.00 e. The van der Waals surface area contributed by atoms with Crippen LogP contribution in [0.2, 0.25) is 0 Å². The van der Waals surface area contributed by atoms with Crippen molar-refractivity contribution in [1.29, 1.82) is 0 Å². The van der Waals surface area contributed by atoms with Gasteiger partial charge in [-0.15, -0.1) is 6.58 Å². The largest absolute Gasteiger partial charge is 2.00 e. The van der Waals surface area contributed by atoms with Crippen molar-refractivity contribution in [2.24, 2.45) is 5.92 Å². The average Bonchev–Trinajstić information content (AvgIpc) is 3.18. The summed E-state index contributed by atoms with van der Waals surface area (Å²) in [6, 6.07) is 0.395. The van der Waals surface area contributed by atoms with E-state index < -0.39 is 0 Å². The molecule has 3 heteroatoms. The van der Waals surface area contributed by atoms with Crippen LogP contribution in [0.5, 0.6) is 0 Å². The molecule has 2 N–H and O–H groups in total. The van der Waals surface area contributed by atoms with E-state index in [4.69, 9.17) is 0 Å². The first-order chi connectivity index (χ1) is 10.2. The van der Waals surface area contributed by atoms with Gasteiger partial charge in [-0.05, 0) is 70.1 Å². The predicted octanol–water partition coefficient (Wildman–Crippen LogP) is 2.96. The Labute approximate surface area is 149 Å². The third-order valence-electron chi connectivity index (χ3n) is 3.47. The van der Waals surface area contributed by atoms with Gasteiger partial charge in [0.2, 0.25) is 0 Å². The van der Waals surface area contributed by atoms with Gasteiger partial charge >= 0.3 is 17.1 Å². The van der Waals surface area contributed by atoms with Crippen LogP contribution in [0.4, 0.5) is 0 Å². The molecular weight excluding hydrogens is 314 g/mol. The van der Waals surface area contributed by atoms with Crippen molar-refractivity contribution in [3.8, 4) is 0 Å². The Morgan fingerprint density at radius 2 is 1.55 bits per heavy atom. The molecule has 0 aromatic rings. The summed E-state index contributed by atoms with van der Waals surface area (Å²) < 4.78 is 0. The maximum atomic E-state index is 9.32. The molecule has 2 rings (SSSR count). The molecule has 2 atom stereocenters. The Bertz CT molecular complexity index is 253. The first kappa shape index (κ1) is 22.2. The number of aliphatic hydroxyl groups excluding tert-OH is 1. The monoisotopic (exact) mass is 341 g/mol. The Balaban J connectivity index is 0.000000622. The molecular formula is C19H27FeNO+2. The van der Waals surface area contributed by atoms with Gasteiger partial charge in [-0.2, -0.15) is 0 Å². The fourth-order valence-corrected chi connectivity index (χ4v) is 2.12. The normalized spacial score (nSPS) is 20.9. The van der Waals surface area contributed by atoms with Crippen molar-refractivity contribution in [2.75, 3.05) is 6.61 Å². The second-order valence-corrected chi connectivity index (χ2v) is 5.46. The Morgan fingerprint density at radius 1 is 1.05 bits per heavy atom. The fourth-order valence-electron chi connectivity index (χ4n) is 2.12. The summed E-state index contributed by atoms with van der Waals surface area (Å²) >= 11 is 0. The van der Waals surface area contributed by atoms with E-state index in [9.17, 15) is 5.11 Å². The van der Waals surface area contributed by atoms with Crippen LogP contribution in [0, 0.1) is 69.6 Å². The molecule has 0 aromatic heterocycles. The van der Waals surface area contributed by atoms with E-state index in [1.54, 1.807) is 0 Å². The van der Waals surface area contributed by atoms with Crippen molar-refractivity contribution in [3.63, 3.8) is 0 Å². The first-order valence-electron chi connectivity index (χ1n) is 7.55. The van der Waals surface area contributed by atoms with Gasteiger partial charge in [0.1, 0.15) is 0 Å². The third kappa shape index (κ3) is 8.72. The minimum absolute atomic E-state index is 0. The van der Waals surface area contributed by atoms with Crippen LogP contribution in [0.15, 0.2) is 12.7 Å². The van der Waals surface area contributed by atoms with E-state index in [0.717, 1.165) is 6.42 Å². The van der Waals surface area contributed by atoms with E-state index in [1.165, 1.54) is 5.92 Å². The Kier molecular flexibility index (Phi) is 13.7. The zero-order valence-corrected chi connectivity index (χ0v) is 14.5. The Morgan fingerprint density at radius 3 is 1.91 bits per heavy atom. The molecule has 2 fully saturated rings. The van der Waals surface area contributed by atoms with Crippen LogP contribution in [0.3, 0.4) is 0 Å². The van der Waals surface area contributed by atoms with Gasteiger partial charge in [0.15, 0.2) is 0 Å². The SMILES string of the molecule is C=CC[C@H](N[C@H](CO)C(C)C)[C]1[CH][CH][CH][CH]1.[CH]1[CH][CH][CH][CH]1.[Fe+2]. The molecule has 0 spiro atoms. The molecule has 0 unspecified atom stereocenters. The van der Waals surface area contributed by atoms with E-state index >= 15 is 0 Å². The Hall–Kier alpha value is 0.179. The van der Waals surface area contributed by atoms with E-state index in [-0.39, 0.29) is 35.8 Å². The summed E-state index contributed by atoms with van der Waals surface area (Å²) in [5, 5.41) is 12.8. The summed E-state index contributed by atoms with van der Waals surface area (Å²) in [5.74, 6) is 1.69. The zero-order valence-electron chi connectivity index (χ0n) is 13.4. The van der Waals surface area contributed by atoms with Crippen LogP contribution in [-0.4, -0.2) is 23.8 Å². The van der Waals surface area contributed by atoms with Crippen LogP contribution in [-0.2, 0) is 17.1 Å². The van der Waals surface area contributed by atoms with Crippen LogP contribution in [0.1, 0.15) is 20.3 Å². The van der Waals surface area contributed by atoms with Gasteiger partial charge < -0.3 is 10.4 Å². The topological polar surface area (TPSA) is 32.3 Å². The molecule has 0 bridgehead atoms. The molecule has 0 aliphatic heterocycles. The molecule has 0 amide bonds. The van der Waals surface area contributed by atoms with Crippen molar-refractivity contribution < 1.29 is 22.2 Å². The third-order valence-corrected chi connectivity index (χ3v) is 3.47. The van der Waals surface area contributed by atoms with E-state index in [1.807, 2.05) is 51.0 Å². The number of aliphatic hydroxyl groups is 1. The van der Waals surface area contributed by atoms with Crippen molar-refractivity contribution in [3.05, 3.63) is 76.4 Å². The van der Waals surface area contributed by atoms with Gasteiger partial charge in [-0.25, -0.2) is 0 Å². The number of rotatable bonds is 7. The van der Waals surface area contributed by atoms with Crippen molar-refractivity contribution in [1.82, 2.24) is 5.32 Å². The van der Waals surface area contributed by atoms with Crippen LogP contribution < -0.4 is 5.32 Å². The minimum atomic E-state index is 0. The molecule has 10 radical (unpaired) electrons. The first-order valence-corrected chi connectivity index (χ1v) is 7.55. The summed E-state index contributed by atoms with van der Waals surface area (Å²) in [6.45, 7) is 8.19. The fraction of sp³-hybridized carbons (Fsp3) is 0.368. The molecule has 2 nitrogen and oxygen atoms in total. The molecule has 0 heterocycles. The molecule has 0 saturated heterocycles. The molecule has 0 aromatic carbocycles. The molecule has 120 valence electrons. The minimum Gasteiger partial charge on any atom is -0.395 e. The average molecular weight is 341 g/mol. The van der Waals surface area contributed by atoms with Crippen molar-refractivity contribution >= 4 is 0 Å². The molecule has 22 heavy (non-hydrogen) atoms. The van der Waals surface area contributed by atoms with E-state index in [2.05, 4.69) is 38.6 Å². The van der Waals surface area contributed by atoms with Gasteiger partial charge in [-0.1, -0.05) is 19.9 Å². The zero-order chi connectivity index (χ0) is 15.5. The van der Waals surface area contributed by atoms with Crippen LogP contribution in [0.25, 0.3) is 0 Å². The predicted molar refractivity (Wildman–Crippen MR) is 89.4 cm³/mol. The number of hydrogen-bond donors (Lipinski definition) is 2. The van der Waals surface area contributed by atoms with Gasteiger partial charge in [0.25, 0.3) is 0 Å². The summed E-state index contributed by atoms with van der Waals surface area (Å²) in [5.41, 5.74) is 0. The van der Waals surface area contributed by atoms with E-state index in [0.29, 0.717) is 5.92 Å². The standard InChI is InChI=1S/C14H22NO.C5H5.Fe/c1-4-7-13(12-8-5-6-9-12)15-14(10-16)11(2)3;1-2-4-5-3-1;/h4-6,8-9,11,13-16H,1,7,10H2,2-3H3;1-5H;/q;;+2/t13-,14+;;/m0../s1. The summed E-state index contributed by atoms with van der Waals surface area (Å²) in [4.78, 5) is 0. The summed E-state index contributed by atoms with van der Waals surface area (Å²) in [7, 11) is 0. The summed E-state index contributed by atoms with van der Waals surface area (Å²) in [6.07, 6.45) is 21.1. The number of hydrogen-bond acceptors (Lipinski definition) is 2.